The van der Waals surface area contributed by atoms with Crippen molar-refractivity contribution in [3.63, 3.8) is 0 Å². The highest BCUT2D eigenvalue weighted by molar-refractivity contribution is 5.44. The molecule has 0 aromatic heterocycles. The first-order valence-corrected chi connectivity index (χ1v) is 6.27. The lowest BCUT2D eigenvalue weighted by Gasteiger charge is -2.14. The van der Waals surface area contributed by atoms with Gasteiger partial charge in [0.1, 0.15) is 0 Å². The van der Waals surface area contributed by atoms with Crippen LogP contribution >= 0.6 is 0 Å². The van der Waals surface area contributed by atoms with Gasteiger partial charge in [0, 0.05) is 18.8 Å². The molecule has 3 heteroatoms. The topological polar surface area (TPSA) is 44.3 Å². The minimum Gasteiger partial charge on any atom is -0.390 e. The number of hydrogen-bond donors (Lipinski definition) is 3. The fraction of sp³-hybridized carbons (Fsp3) is 0.571. The number of aryl methyl sites for hydroxylation is 1. The molecular formula is C14H24N2O. The third kappa shape index (κ3) is 6.29. The zero-order chi connectivity index (χ0) is 12.7. The van der Waals surface area contributed by atoms with Crippen LogP contribution in [0.2, 0.25) is 0 Å². The molecule has 0 aliphatic rings. The van der Waals surface area contributed by atoms with Gasteiger partial charge < -0.3 is 15.7 Å². The maximum atomic E-state index is 9.75. The predicted octanol–water partition coefficient (Wildman–Crippen LogP) is 2.01. The van der Waals surface area contributed by atoms with E-state index in [-0.39, 0.29) is 6.10 Å². The molecule has 1 unspecified atom stereocenters. The average molecular weight is 236 g/mol. The lowest BCUT2D eigenvalue weighted by atomic mass is 10.2. The van der Waals surface area contributed by atoms with Crippen molar-refractivity contribution < 1.29 is 5.11 Å². The van der Waals surface area contributed by atoms with Crippen molar-refractivity contribution >= 4 is 5.69 Å². The van der Waals surface area contributed by atoms with E-state index in [4.69, 9.17) is 0 Å². The largest absolute Gasteiger partial charge is 0.390 e. The third-order valence-corrected chi connectivity index (χ3v) is 2.53. The first kappa shape index (κ1) is 14.0. The van der Waals surface area contributed by atoms with Crippen LogP contribution in [0.5, 0.6) is 0 Å². The molecule has 0 saturated carbocycles. The van der Waals surface area contributed by atoms with Gasteiger partial charge >= 0.3 is 0 Å². The second-order valence-electron chi connectivity index (χ2n) is 4.95. The summed E-state index contributed by atoms with van der Waals surface area (Å²) in [6.07, 6.45) is -0.352. The Kier molecular flexibility index (Phi) is 6.01. The zero-order valence-corrected chi connectivity index (χ0v) is 11.0. The predicted molar refractivity (Wildman–Crippen MR) is 73.4 cm³/mol. The van der Waals surface area contributed by atoms with E-state index in [9.17, 15) is 5.11 Å². The van der Waals surface area contributed by atoms with Crippen molar-refractivity contribution in [3.05, 3.63) is 29.8 Å². The smallest absolute Gasteiger partial charge is 0.0836 e. The Balaban J connectivity index is 2.19. The van der Waals surface area contributed by atoms with Crippen LogP contribution in [0.15, 0.2) is 24.3 Å². The van der Waals surface area contributed by atoms with Crippen LogP contribution in [0, 0.1) is 12.8 Å². The van der Waals surface area contributed by atoms with E-state index in [2.05, 4.69) is 43.5 Å². The molecule has 0 spiro atoms. The summed E-state index contributed by atoms with van der Waals surface area (Å²) in [6.45, 7) is 8.54. The summed E-state index contributed by atoms with van der Waals surface area (Å²) in [5.41, 5.74) is 2.30. The number of hydrogen-bond acceptors (Lipinski definition) is 3. The second kappa shape index (κ2) is 7.30. The summed E-state index contributed by atoms with van der Waals surface area (Å²) in [5, 5.41) is 16.2. The molecule has 0 bridgehead atoms. The standard InChI is InChI=1S/C14H24N2O/c1-11(2)8-15-9-14(17)10-16-13-6-4-12(3)5-7-13/h4-7,11,14-17H,8-10H2,1-3H3. The highest BCUT2D eigenvalue weighted by Gasteiger charge is 2.03. The fourth-order valence-electron chi connectivity index (χ4n) is 1.52. The Morgan fingerprint density at radius 1 is 1.06 bits per heavy atom. The highest BCUT2D eigenvalue weighted by atomic mass is 16.3. The van der Waals surface area contributed by atoms with Crippen molar-refractivity contribution in [1.82, 2.24) is 5.32 Å². The lowest BCUT2D eigenvalue weighted by Crippen LogP contribution is -2.33. The average Bonchev–Trinajstić information content (AvgIpc) is 2.28. The van der Waals surface area contributed by atoms with Crippen LogP contribution in [0.25, 0.3) is 0 Å². The Morgan fingerprint density at radius 3 is 2.29 bits per heavy atom. The second-order valence-corrected chi connectivity index (χ2v) is 4.95. The van der Waals surface area contributed by atoms with Gasteiger partial charge in [-0.05, 0) is 31.5 Å². The minimum absolute atomic E-state index is 0.352. The third-order valence-electron chi connectivity index (χ3n) is 2.53. The molecule has 0 radical (unpaired) electrons. The van der Waals surface area contributed by atoms with Gasteiger partial charge in [-0.2, -0.15) is 0 Å². The van der Waals surface area contributed by atoms with Crippen LogP contribution in [0.1, 0.15) is 19.4 Å². The van der Waals surface area contributed by atoms with Crippen LogP contribution in [0.4, 0.5) is 5.69 Å². The van der Waals surface area contributed by atoms with E-state index >= 15 is 0 Å². The molecule has 0 amide bonds. The molecule has 0 heterocycles. The molecule has 3 N–H and O–H groups in total. The number of rotatable bonds is 7. The summed E-state index contributed by atoms with van der Waals surface area (Å²) in [4.78, 5) is 0. The van der Waals surface area contributed by atoms with Crippen molar-refractivity contribution in [3.8, 4) is 0 Å². The molecule has 3 nitrogen and oxygen atoms in total. The van der Waals surface area contributed by atoms with Gasteiger partial charge in [-0.15, -0.1) is 0 Å². The number of nitrogens with one attached hydrogen (secondary N) is 2. The van der Waals surface area contributed by atoms with Crippen molar-refractivity contribution in [1.29, 1.82) is 0 Å². The summed E-state index contributed by atoms with van der Waals surface area (Å²) >= 11 is 0. The zero-order valence-electron chi connectivity index (χ0n) is 11.0. The normalized spacial score (nSPS) is 12.8. The molecule has 96 valence electrons. The summed E-state index contributed by atoms with van der Waals surface area (Å²) in [7, 11) is 0. The molecule has 1 aromatic carbocycles. The van der Waals surface area contributed by atoms with Gasteiger partial charge in [0.2, 0.25) is 0 Å². The van der Waals surface area contributed by atoms with Crippen LogP contribution in [-0.4, -0.2) is 30.8 Å². The van der Waals surface area contributed by atoms with E-state index in [0.29, 0.717) is 19.0 Å². The molecule has 1 atom stereocenters. The van der Waals surface area contributed by atoms with E-state index in [1.54, 1.807) is 0 Å². The van der Waals surface area contributed by atoms with Crippen LogP contribution in [0.3, 0.4) is 0 Å². The maximum absolute atomic E-state index is 9.75. The van der Waals surface area contributed by atoms with Gasteiger partial charge in [-0.3, -0.25) is 0 Å². The summed E-state index contributed by atoms with van der Waals surface area (Å²) in [5.74, 6) is 0.618. The first-order valence-electron chi connectivity index (χ1n) is 6.27. The number of aliphatic hydroxyl groups excluding tert-OH is 1. The first-order chi connectivity index (χ1) is 8.08. The number of aliphatic hydroxyl groups is 1. The summed E-state index contributed by atoms with van der Waals surface area (Å²) in [6, 6.07) is 8.19. The van der Waals surface area contributed by atoms with Crippen LogP contribution < -0.4 is 10.6 Å². The van der Waals surface area contributed by atoms with Gasteiger partial charge in [0.05, 0.1) is 6.10 Å². The Morgan fingerprint density at radius 2 is 1.71 bits per heavy atom. The quantitative estimate of drug-likeness (QED) is 0.678. The molecule has 0 saturated heterocycles. The van der Waals surface area contributed by atoms with Crippen molar-refractivity contribution in [2.75, 3.05) is 25.0 Å². The molecule has 0 aliphatic carbocycles. The summed E-state index contributed by atoms with van der Waals surface area (Å²) < 4.78 is 0. The molecule has 0 fully saturated rings. The SMILES string of the molecule is Cc1ccc(NCC(O)CNCC(C)C)cc1. The highest BCUT2D eigenvalue weighted by Crippen LogP contribution is 2.08. The van der Waals surface area contributed by atoms with E-state index in [0.717, 1.165) is 12.2 Å². The Bertz CT molecular complexity index is 309. The number of benzene rings is 1. The van der Waals surface area contributed by atoms with E-state index in [1.807, 2.05) is 12.1 Å². The van der Waals surface area contributed by atoms with Gasteiger partial charge in [-0.1, -0.05) is 31.5 Å². The Hall–Kier alpha value is -1.06. The van der Waals surface area contributed by atoms with Crippen molar-refractivity contribution in [2.45, 2.75) is 26.9 Å². The molecule has 1 aromatic rings. The monoisotopic (exact) mass is 236 g/mol. The van der Waals surface area contributed by atoms with Crippen LogP contribution in [-0.2, 0) is 0 Å². The van der Waals surface area contributed by atoms with Gasteiger partial charge in [0.15, 0.2) is 0 Å². The minimum atomic E-state index is -0.352. The van der Waals surface area contributed by atoms with E-state index < -0.39 is 0 Å². The van der Waals surface area contributed by atoms with Gasteiger partial charge in [0.25, 0.3) is 0 Å². The number of anilines is 1. The molecular weight excluding hydrogens is 212 g/mol. The maximum Gasteiger partial charge on any atom is 0.0836 e. The Labute approximate surface area is 104 Å². The fourth-order valence-corrected chi connectivity index (χ4v) is 1.52. The molecule has 17 heavy (non-hydrogen) atoms. The molecule has 1 rings (SSSR count). The van der Waals surface area contributed by atoms with E-state index in [1.165, 1.54) is 5.56 Å². The molecule has 0 aliphatic heterocycles. The lowest BCUT2D eigenvalue weighted by molar-refractivity contribution is 0.183. The van der Waals surface area contributed by atoms with Gasteiger partial charge in [-0.25, -0.2) is 0 Å². The van der Waals surface area contributed by atoms with Crippen molar-refractivity contribution in [2.24, 2.45) is 5.92 Å².